The maximum absolute atomic E-state index is 5.72. The van der Waals surface area contributed by atoms with Gasteiger partial charge in [-0.1, -0.05) is 36.4 Å². The van der Waals surface area contributed by atoms with Crippen LogP contribution < -0.4 is 5.73 Å². The molecule has 0 saturated heterocycles. The zero-order valence-corrected chi connectivity index (χ0v) is 10.6. The van der Waals surface area contributed by atoms with Crippen molar-refractivity contribution in [2.45, 2.75) is 25.2 Å². The number of nitrogens with zero attached hydrogens (tertiary/aromatic N) is 1. The first-order valence-electron chi connectivity index (χ1n) is 6.54. The maximum Gasteiger partial charge on any atom is 0.0302 e. The number of rotatable bonds is 6. The van der Waals surface area contributed by atoms with Crippen LogP contribution in [0.4, 0.5) is 0 Å². The lowest BCUT2D eigenvalue weighted by Crippen LogP contribution is -2.08. The zero-order valence-electron chi connectivity index (χ0n) is 10.6. The highest BCUT2D eigenvalue weighted by molar-refractivity contribution is 5.18. The SMILES string of the molecule is NCCC(CCc1ccccc1)c1cccnc1. The number of aryl methyl sites for hydroxylation is 1. The van der Waals surface area contributed by atoms with Gasteiger partial charge in [0.15, 0.2) is 0 Å². The molecule has 1 aromatic heterocycles. The van der Waals surface area contributed by atoms with E-state index in [9.17, 15) is 0 Å². The van der Waals surface area contributed by atoms with Crippen molar-refractivity contribution in [3.8, 4) is 0 Å². The van der Waals surface area contributed by atoms with Crippen LogP contribution in [-0.2, 0) is 6.42 Å². The molecule has 1 aromatic carbocycles. The Morgan fingerprint density at radius 1 is 1.00 bits per heavy atom. The summed E-state index contributed by atoms with van der Waals surface area (Å²) in [6, 6.07) is 14.8. The molecule has 2 N–H and O–H groups in total. The number of nitrogens with two attached hydrogens (primary N) is 1. The van der Waals surface area contributed by atoms with Crippen molar-refractivity contribution in [2.75, 3.05) is 6.54 Å². The normalized spacial score (nSPS) is 12.3. The second-order valence-electron chi connectivity index (χ2n) is 4.58. The average molecular weight is 240 g/mol. The molecule has 94 valence electrons. The third-order valence-corrected chi connectivity index (χ3v) is 3.30. The van der Waals surface area contributed by atoms with E-state index in [0.717, 1.165) is 25.8 Å². The molecule has 2 heteroatoms. The number of pyridine rings is 1. The van der Waals surface area contributed by atoms with E-state index in [-0.39, 0.29) is 0 Å². The first-order chi connectivity index (χ1) is 8.90. The van der Waals surface area contributed by atoms with Crippen molar-refractivity contribution in [1.29, 1.82) is 0 Å². The molecule has 0 saturated carbocycles. The van der Waals surface area contributed by atoms with Crippen molar-refractivity contribution >= 4 is 0 Å². The molecule has 0 aliphatic heterocycles. The van der Waals surface area contributed by atoms with Crippen LogP contribution in [-0.4, -0.2) is 11.5 Å². The smallest absolute Gasteiger partial charge is 0.0302 e. The second kappa shape index (κ2) is 6.92. The van der Waals surface area contributed by atoms with Crippen LogP contribution in [0.1, 0.15) is 29.9 Å². The first-order valence-corrected chi connectivity index (χ1v) is 6.54. The van der Waals surface area contributed by atoms with Crippen molar-refractivity contribution in [3.63, 3.8) is 0 Å². The number of hydrogen-bond acceptors (Lipinski definition) is 2. The first kappa shape index (κ1) is 12.8. The van der Waals surface area contributed by atoms with Gasteiger partial charge >= 0.3 is 0 Å². The van der Waals surface area contributed by atoms with E-state index in [1.807, 2.05) is 18.5 Å². The largest absolute Gasteiger partial charge is 0.330 e. The minimum atomic E-state index is 0.518. The van der Waals surface area contributed by atoms with Crippen LogP contribution in [0.3, 0.4) is 0 Å². The maximum atomic E-state index is 5.72. The molecule has 0 amide bonds. The third kappa shape index (κ3) is 3.67. The average Bonchev–Trinajstić information content (AvgIpc) is 2.45. The highest BCUT2D eigenvalue weighted by atomic mass is 14.6. The summed E-state index contributed by atoms with van der Waals surface area (Å²) in [5.74, 6) is 0.518. The predicted octanol–water partition coefficient (Wildman–Crippen LogP) is 3.15. The molecule has 1 atom stereocenters. The Kier molecular flexibility index (Phi) is 4.91. The van der Waals surface area contributed by atoms with E-state index in [4.69, 9.17) is 5.73 Å². The zero-order chi connectivity index (χ0) is 12.6. The fourth-order valence-corrected chi connectivity index (χ4v) is 2.28. The van der Waals surface area contributed by atoms with Crippen LogP contribution in [0.2, 0.25) is 0 Å². The van der Waals surface area contributed by atoms with Gasteiger partial charge in [-0.3, -0.25) is 4.98 Å². The summed E-state index contributed by atoms with van der Waals surface area (Å²) in [6.45, 7) is 0.731. The summed E-state index contributed by atoms with van der Waals surface area (Å²) in [7, 11) is 0. The third-order valence-electron chi connectivity index (χ3n) is 3.30. The van der Waals surface area contributed by atoms with E-state index in [1.165, 1.54) is 11.1 Å². The Bertz CT molecular complexity index is 439. The molecule has 0 aliphatic carbocycles. The fraction of sp³-hybridized carbons (Fsp3) is 0.312. The summed E-state index contributed by atoms with van der Waals surface area (Å²) in [4.78, 5) is 4.20. The lowest BCUT2D eigenvalue weighted by molar-refractivity contribution is 0.582. The van der Waals surface area contributed by atoms with Gasteiger partial charge in [-0.25, -0.2) is 0 Å². The Hall–Kier alpha value is -1.67. The lowest BCUT2D eigenvalue weighted by atomic mass is 9.91. The molecular formula is C16H20N2. The molecule has 0 fully saturated rings. The highest BCUT2D eigenvalue weighted by Crippen LogP contribution is 2.24. The quantitative estimate of drug-likeness (QED) is 0.842. The summed E-state index contributed by atoms with van der Waals surface area (Å²) in [6.07, 6.45) is 7.04. The predicted molar refractivity (Wildman–Crippen MR) is 75.4 cm³/mol. The topological polar surface area (TPSA) is 38.9 Å². The van der Waals surface area contributed by atoms with Crippen LogP contribution in [0.25, 0.3) is 0 Å². The van der Waals surface area contributed by atoms with E-state index in [2.05, 4.69) is 41.4 Å². The number of hydrogen-bond donors (Lipinski definition) is 1. The van der Waals surface area contributed by atoms with Crippen LogP contribution in [0, 0.1) is 0 Å². The molecule has 1 heterocycles. The van der Waals surface area contributed by atoms with Gasteiger partial charge in [0.05, 0.1) is 0 Å². The summed E-state index contributed by atoms with van der Waals surface area (Å²) >= 11 is 0. The second-order valence-corrected chi connectivity index (χ2v) is 4.58. The molecule has 2 aromatic rings. The lowest BCUT2D eigenvalue weighted by Gasteiger charge is -2.16. The number of benzene rings is 1. The van der Waals surface area contributed by atoms with Crippen LogP contribution >= 0.6 is 0 Å². The minimum absolute atomic E-state index is 0.518. The molecule has 1 unspecified atom stereocenters. The van der Waals surface area contributed by atoms with E-state index >= 15 is 0 Å². The molecule has 18 heavy (non-hydrogen) atoms. The Morgan fingerprint density at radius 3 is 2.50 bits per heavy atom. The molecule has 0 radical (unpaired) electrons. The summed E-state index contributed by atoms with van der Waals surface area (Å²) in [5, 5.41) is 0. The van der Waals surface area contributed by atoms with Gasteiger partial charge in [0, 0.05) is 12.4 Å². The Labute approximate surface area is 109 Å². The number of aromatic nitrogens is 1. The van der Waals surface area contributed by atoms with E-state index in [0.29, 0.717) is 5.92 Å². The van der Waals surface area contributed by atoms with Crippen molar-refractivity contribution in [1.82, 2.24) is 4.98 Å². The minimum Gasteiger partial charge on any atom is -0.330 e. The van der Waals surface area contributed by atoms with Gasteiger partial charge in [0.25, 0.3) is 0 Å². The molecule has 2 rings (SSSR count). The fourth-order valence-electron chi connectivity index (χ4n) is 2.28. The van der Waals surface area contributed by atoms with Crippen molar-refractivity contribution < 1.29 is 0 Å². The summed E-state index contributed by atoms with van der Waals surface area (Å²) < 4.78 is 0. The van der Waals surface area contributed by atoms with Gasteiger partial charge in [-0.2, -0.15) is 0 Å². The molecule has 2 nitrogen and oxygen atoms in total. The summed E-state index contributed by atoms with van der Waals surface area (Å²) in [5.41, 5.74) is 8.41. The molecule has 0 aliphatic rings. The van der Waals surface area contributed by atoms with Gasteiger partial charge < -0.3 is 5.73 Å². The highest BCUT2D eigenvalue weighted by Gasteiger charge is 2.10. The standard InChI is InChI=1S/C16H20N2/c17-11-10-15(16-7-4-12-18-13-16)9-8-14-5-2-1-3-6-14/h1-7,12-13,15H,8-11,17H2. The Balaban J connectivity index is 1.99. The molecular weight excluding hydrogens is 220 g/mol. The van der Waals surface area contributed by atoms with Gasteiger partial charge in [-0.05, 0) is 48.9 Å². The van der Waals surface area contributed by atoms with E-state index in [1.54, 1.807) is 0 Å². The van der Waals surface area contributed by atoms with Gasteiger partial charge in [0.1, 0.15) is 0 Å². The van der Waals surface area contributed by atoms with Gasteiger partial charge in [0.2, 0.25) is 0 Å². The van der Waals surface area contributed by atoms with Crippen molar-refractivity contribution in [2.24, 2.45) is 5.73 Å². The van der Waals surface area contributed by atoms with Crippen molar-refractivity contribution in [3.05, 3.63) is 66.0 Å². The molecule has 0 spiro atoms. The van der Waals surface area contributed by atoms with Gasteiger partial charge in [-0.15, -0.1) is 0 Å². The van der Waals surface area contributed by atoms with Crippen LogP contribution in [0.5, 0.6) is 0 Å². The van der Waals surface area contributed by atoms with E-state index < -0.39 is 0 Å². The Morgan fingerprint density at radius 2 is 1.83 bits per heavy atom. The van der Waals surface area contributed by atoms with Crippen LogP contribution in [0.15, 0.2) is 54.9 Å². The molecule has 0 bridgehead atoms. The monoisotopic (exact) mass is 240 g/mol.